The summed E-state index contributed by atoms with van der Waals surface area (Å²) in [5.41, 5.74) is 0.910. The monoisotopic (exact) mass is 663 g/mol. The Bertz CT molecular complexity index is 1940. The summed E-state index contributed by atoms with van der Waals surface area (Å²) in [5, 5.41) is 5.02. The number of halogens is 4. The highest BCUT2D eigenvalue weighted by atomic mass is 35.5. The van der Waals surface area contributed by atoms with Crippen molar-refractivity contribution in [1.82, 2.24) is 24.8 Å². The van der Waals surface area contributed by atoms with E-state index in [1.54, 1.807) is 12.1 Å². The molecule has 2 N–H and O–H groups in total. The molecule has 4 heterocycles. The van der Waals surface area contributed by atoms with Gasteiger partial charge < -0.3 is 10.1 Å². The van der Waals surface area contributed by atoms with E-state index in [9.17, 15) is 12.8 Å². The Hall–Kier alpha value is -3.53. The van der Waals surface area contributed by atoms with Gasteiger partial charge in [0.2, 0.25) is 0 Å². The molecule has 1 aliphatic rings. The highest BCUT2D eigenvalue weighted by Crippen LogP contribution is 2.34. The minimum Gasteiger partial charge on any atom is -0.379 e. The second kappa shape index (κ2) is 12.2. The summed E-state index contributed by atoms with van der Waals surface area (Å²) in [6, 6.07) is 9.34. The number of thiazole rings is 1. The quantitative estimate of drug-likeness (QED) is 0.202. The van der Waals surface area contributed by atoms with E-state index in [-0.39, 0.29) is 26.3 Å². The average molecular weight is 665 g/mol. The smallest absolute Gasteiger partial charge is 0.263 e. The van der Waals surface area contributed by atoms with Crippen LogP contribution in [0, 0.1) is 11.6 Å². The summed E-state index contributed by atoms with van der Waals surface area (Å²) < 4.78 is 64.0. The molecule has 6 rings (SSSR count). The van der Waals surface area contributed by atoms with Gasteiger partial charge in [0.1, 0.15) is 33.3 Å². The molecule has 16 heteroatoms. The fourth-order valence-electron chi connectivity index (χ4n) is 4.39. The van der Waals surface area contributed by atoms with Gasteiger partial charge in [-0.3, -0.25) is 9.62 Å². The standard InChI is InChI=1S/C27H21Cl2F2N7O3S2/c28-16-2-1-3-21(22(16)29)43(39,40)37-18-5-4-17(30)24(23(18)31)36-26-25-19(32-14-33-26)6-7-20(35-25)27-34-15(13-42-27)12-38-8-10-41-11-9-38/h1-7,13-14,37H,8-12H2,(H,32,33,36). The summed E-state index contributed by atoms with van der Waals surface area (Å²) in [6.07, 6.45) is 1.22. The van der Waals surface area contributed by atoms with E-state index < -0.39 is 33.0 Å². The predicted octanol–water partition coefficient (Wildman–Crippen LogP) is 6.11. The lowest BCUT2D eigenvalue weighted by atomic mass is 10.2. The van der Waals surface area contributed by atoms with Gasteiger partial charge in [-0.1, -0.05) is 29.3 Å². The number of morpholine rings is 1. The molecule has 0 amide bonds. The minimum absolute atomic E-state index is 0.0000538. The fourth-order valence-corrected chi connectivity index (χ4v) is 6.99. The zero-order valence-corrected chi connectivity index (χ0v) is 25.2. The summed E-state index contributed by atoms with van der Waals surface area (Å²) in [7, 11) is -4.38. The van der Waals surface area contributed by atoms with E-state index in [0.29, 0.717) is 36.0 Å². The lowest BCUT2D eigenvalue weighted by Crippen LogP contribution is -2.35. The van der Waals surface area contributed by atoms with Crippen molar-refractivity contribution in [2.75, 3.05) is 36.3 Å². The maximum atomic E-state index is 15.6. The molecule has 0 aliphatic carbocycles. The van der Waals surface area contributed by atoms with Crippen LogP contribution in [-0.4, -0.2) is 59.6 Å². The van der Waals surface area contributed by atoms with Crippen LogP contribution in [0.3, 0.4) is 0 Å². The van der Waals surface area contributed by atoms with Crippen molar-refractivity contribution in [3.8, 4) is 10.7 Å². The predicted molar refractivity (Wildman–Crippen MR) is 161 cm³/mol. The van der Waals surface area contributed by atoms with Gasteiger partial charge in [0, 0.05) is 25.0 Å². The number of rotatable bonds is 8. The number of aromatic nitrogens is 4. The zero-order chi connectivity index (χ0) is 30.1. The highest BCUT2D eigenvalue weighted by molar-refractivity contribution is 7.92. The summed E-state index contributed by atoms with van der Waals surface area (Å²) in [6.45, 7) is 3.72. The van der Waals surface area contributed by atoms with Crippen LogP contribution in [0.2, 0.25) is 10.0 Å². The van der Waals surface area contributed by atoms with Crippen LogP contribution >= 0.6 is 34.5 Å². The van der Waals surface area contributed by atoms with Gasteiger partial charge in [-0.25, -0.2) is 37.1 Å². The van der Waals surface area contributed by atoms with Gasteiger partial charge in [-0.15, -0.1) is 11.3 Å². The highest BCUT2D eigenvalue weighted by Gasteiger charge is 2.24. The maximum Gasteiger partial charge on any atom is 0.263 e. The molecule has 10 nitrogen and oxygen atoms in total. The van der Waals surface area contributed by atoms with E-state index in [2.05, 4.69) is 29.9 Å². The van der Waals surface area contributed by atoms with E-state index in [1.165, 1.54) is 35.9 Å². The first-order valence-electron chi connectivity index (χ1n) is 12.8. The molecule has 1 aliphatic heterocycles. The van der Waals surface area contributed by atoms with E-state index in [4.69, 9.17) is 32.9 Å². The molecule has 0 spiro atoms. The first-order chi connectivity index (χ1) is 20.7. The van der Waals surface area contributed by atoms with Crippen molar-refractivity contribution < 1.29 is 21.9 Å². The van der Waals surface area contributed by atoms with Crippen LogP contribution < -0.4 is 10.0 Å². The molecule has 3 aromatic heterocycles. The van der Waals surface area contributed by atoms with Crippen LogP contribution in [-0.2, 0) is 21.3 Å². The average Bonchev–Trinajstić information content (AvgIpc) is 3.47. The largest absolute Gasteiger partial charge is 0.379 e. The number of benzene rings is 2. The molecule has 0 unspecified atom stereocenters. The number of pyridine rings is 1. The van der Waals surface area contributed by atoms with E-state index >= 15 is 4.39 Å². The molecular weight excluding hydrogens is 643 g/mol. The van der Waals surface area contributed by atoms with Gasteiger partial charge in [0.05, 0.1) is 45.9 Å². The third kappa shape index (κ3) is 6.25. The Morgan fingerprint density at radius 1 is 1.02 bits per heavy atom. The van der Waals surface area contributed by atoms with Crippen molar-refractivity contribution in [3.05, 3.63) is 81.5 Å². The number of hydrogen-bond donors (Lipinski definition) is 2. The Morgan fingerprint density at radius 2 is 1.84 bits per heavy atom. The Balaban J connectivity index is 1.30. The van der Waals surface area contributed by atoms with Crippen LogP contribution in [0.4, 0.5) is 26.0 Å². The molecule has 5 aromatic rings. The van der Waals surface area contributed by atoms with Crippen LogP contribution in [0.5, 0.6) is 0 Å². The van der Waals surface area contributed by atoms with Crippen LogP contribution in [0.1, 0.15) is 5.69 Å². The van der Waals surface area contributed by atoms with E-state index in [0.717, 1.165) is 30.9 Å². The zero-order valence-electron chi connectivity index (χ0n) is 22.0. The third-order valence-corrected chi connectivity index (χ3v) is 9.78. The van der Waals surface area contributed by atoms with Crippen LogP contribution in [0.25, 0.3) is 21.7 Å². The summed E-state index contributed by atoms with van der Waals surface area (Å²) in [5.74, 6) is -2.19. The van der Waals surface area contributed by atoms with Crippen molar-refractivity contribution in [2.45, 2.75) is 11.4 Å². The van der Waals surface area contributed by atoms with Gasteiger partial charge in [-0.05, 0) is 36.4 Å². The Morgan fingerprint density at radius 3 is 2.65 bits per heavy atom. The third-order valence-electron chi connectivity index (χ3n) is 6.53. The number of anilines is 3. The van der Waals surface area contributed by atoms with Crippen LogP contribution in [0.15, 0.2) is 59.1 Å². The van der Waals surface area contributed by atoms with Gasteiger partial charge >= 0.3 is 0 Å². The molecule has 1 fully saturated rings. The summed E-state index contributed by atoms with van der Waals surface area (Å²) in [4.78, 5) is 19.6. The van der Waals surface area contributed by atoms with Gasteiger partial charge in [0.25, 0.3) is 10.0 Å². The molecule has 1 saturated heterocycles. The van der Waals surface area contributed by atoms with Crippen molar-refractivity contribution in [2.24, 2.45) is 0 Å². The van der Waals surface area contributed by atoms with Crippen molar-refractivity contribution in [1.29, 1.82) is 0 Å². The second-order valence-corrected chi connectivity index (χ2v) is 12.7. The van der Waals surface area contributed by atoms with Crippen molar-refractivity contribution in [3.63, 3.8) is 0 Å². The molecule has 222 valence electrons. The number of hydrogen-bond acceptors (Lipinski definition) is 10. The number of fused-ring (bicyclic) bond motifs is 1. The molecule has 43 heavy (non-hydrogen) atoms. The SMILES string of the molecule is O=S(=O)(Nc1ccc(F)c(Nc2ncnc3ccc(-c4nc(CN5CCOCC5)cs4)nc23)c1F)c1cccc(Cl)c1Cl. The lowest BCUT2D eigenvalue weighted by molar-refractivity contribution is 0.0337. The van der Waals surface area contributed by atoms with Crippen molar-refractivity contribution >= 4 is 72.8 Å². The molecular formula is C27H21Cl2F2N7O3S2. The number of nitrogens with one attached hydrogen (secondary N) is 2. The number of sulfonamides is 1. The Labute approximate surface area is 258 Å². The first-order valence-corrected chi connectivity index (χ1v) is 15.9. The molecule has 0 saturated carbocycles. The summed E-state index contributed by atoms with van der Waals surface area (Å²) >= 11 is 13.4. The molecule has 0 atom stereocenters. The van der Waals surface area contributed by atoms with Gasteiger partial charge in [-0.2, -0.15) is 0 Å². The first kappa shape index (κ1) is 29.5. The molecule has 2 aromatic carbocycles. The molecule has 0 bridgehead atoms. The molecule has 0 radical (unpaired) electrons. The topological polar surface area (TPSA) is 122 Å². The van der Waals surface area contributed by atoms with Gasteiger partial charge in [0.15, 0.2) is 11.6 Å². The van der Waals surface area contributed by atoms with E-state index in [1.807, 2.05) is 5.38 Å². The number of nitrogens with zero attached hydrogens (tertiary/aromatic N) is 5. The fraction of sp³-hybridized carbons (Fsp3) is 0.185. The number of ether oxygens (including phenoxy) is 1. The Kier molecular flexibility index (Phi) is 8.40. The maximum absolute atomic E-state index is 15.6. The second-order valence-electron chi connectivity index (χ2n) is 9.39. The lowest BCUT2D eigenvalue weighted by Gasteiger charge is -2.25. The minimum atomic E-state index is -4.38. The normalized spacial score (nSPS) is 14.2.